The molecule has 0 spiro atoms. The van der Waals surface area contributed by atoms with Crippen LogP contribution < -0.4 is 5.32 Å². The molecule has 5 nitrogen and oxygen atoms in total. The van der Waals surface area contributed by atoms with Crippen molar-refractivity contribution in [2.24, 2.45) is 0 Å². The Morgan fingerprint density at radius 3 is 2.68 bits per heavy atom. The van der Waals surface area contributed by atoms with Gasteiger partial charge >= 0.3 is 0 Å². The molecule has 0 saturated carbocycles. The summed E-state index contributed by atoms with van der Waals surface area (Å²) in [5.74, 6) is 0.324. The smallest absolute Gasteiger partial charge is 0.234 e. The van der Waals surface area contributed by atoms with Crippen molar-refractivity contribution in [3.05, 3.63) is 21.4 Å². The van der Waals surface area contributed by atoms with E-state index >= 15 is 0 Å². The molecule has 2 atom stereocenters. The normalized spacial score (nSPS) is 22.0. The highest BCUT2D eigenvalue weighted by Crippen LogP contribution is 2.26. The number of amides is 1. The highest BCUT2D eigenvalue weighted by atomic mass is 32.2. The van der Waals surface area contributed by atoms with Gasteiger partial charge in [0.25, 0.3) is 0 Å². The van der Waals surface area contributed by atoms with Gasteiger partial charge in [-0.15, -0.1) is 11.3 Å². The van der Waals surface area contributed by atoms with Crippen molar-refractivity contribution in [2.45, 2.75) is 39.3 Å². The average Bonchev–Trinajstić information content (AvgIpc) is 2.91. The van der Waals surface area contributed by atoms with Crippen molar-refractivity contribution in [1.29, 1.82) is 0 Å². The third kappa shape index (κ3) is 4.30. The summed E-state index contributed by atoms with van der Waals surface area (Å²) in [7, 11) is -1.10. The molecule has 22 heavy (non-hydrogen) atoms. The number of hydrogen-bond donors (Lipinski definition) is 1. The molecule has 1 N–H and O–H groups in total. The molecule has 7 heteroatoms. The fraction of sp³-hybridized carbons (Fsp3) is 0.667. The third-order valence-electron chi connectivity index (χ3n) is 4.15. The largest absolute Gasteiger partial charge is 0.348 e. The predicted octanol–water partition coefficient (Wildman–Crippen LogP) is 1.66. The molecule has 2 unspecified atom stereocenters. The Kier molecular flexibility index (Phi) is 5.29. The Labute approximate surface area is 136 Å². The second kappa shape index (κ2) is 6.68. The number of hydrogen-bond acceptors (Lipinski definition) is 5. The van der Waals surface area contributed by atoms with Crippen LogP contribution in [0.1, 0.15) is 34.7 Å². The van der Waals surface area contributed by atoms with E-state index in [4.69, 9.17) is 0 Å². The number of rotatable bonds is 5. The summed E-state index contributed by atoms with van der Waals surface area (Å²) in [5, 5.41) is 3.00. The van der Waals surface area contributed by atoms with Crippen LogP contribution in [-0.4, -0.2) is 50.4 Å². The predicted molar refractivity (Wildman–Crippen MR) is 90.0 cm³/mol. The molecule has 1 amide bonds. The van der Waals surface area contributed by atoms with E-state index < -0.39 is 9.84 Å². The van der Waals surface area contributed by atoms with Gasteiger partial charge in [0.15, 0.2) is 9.84 Å². The van der Waals surface area contributed by atoms with Gasteiger partial charge in [-0.2, -0.15) is 0 Å². The van der Waals surface area contributed by atoms with E-state index in [0.717, 1.165) is 5.56 Å². The number of nitrogens with zero attached hydrogens (tertiary/aromatic N) is 1. The van der Waals surface area contributed by atoms with Gasteiger partial charge in [0, 0.05) is 15.8 Å². The molecule has 0 radical (unpaired) electrons. The van der Waals surface area contributed by atoms with Crippen molar-refractivity contribution in [3.8, 4) is 0 Å². The molecule has 0 aliphatic carbocycles. The Bertz CT molecular complexity index is 652. The first-order chi connectivity index (χ1) is 10.2. The molecule has 2 heterocycles. The Morgan fingerprint density at radius 1 is 1.50 bits per heavy atom. The van der Waals surface area contributed by atoms with Gasteiger partial charge in [0.05, 0.1) is 24.1 Å². The van der Waals surface area contributed by atoms with Crippen molar-refractivity contribution < 1.29 is 13.2 Å². The maximum absolute atomic E-state index is 12.2. The number of likely N-dealkylation sites (N-methyl/N-ethyl adjacent to an activating group) is 1. The number of aryl methyl sites for hydroxylation is 2. The number of sulfone groups is 1. The summed E-state index contributed by atoms with van der Waals surface area (Å²) in [6.45, 7) is 6.33. The van der Waals surface area contributed by atoms with Crippen LogP contribution in [-0.2, 0) is 14.6 Å². The van der Waals surface area contributed by atoms with Crippen LogP contribution in [0.25, 0.3) is 0 Å². The summed E-state index contributed by atoms with van der Waals surface area (Å²) in [6, 6.07) is 2.03. The van der Waals surface area contributed by atoms with E-state index in [1.165, 1.54) is 9.75 Å². The van der Waals surface area contributed by atoms with E-state index in [2.05, 4.69) is 25.2 Å². The lowest BCUT2D eigenvalue weighted by Gasteiger charge is -2.23. The summed E-state index contributed by atoms with van der Waals surface area (Å²) in [4.78, 5) is 16.5. The summed E-state index contributed by atoms with van der Waals surface area (Å²) < 4.78 is 23.0. The first-order valence-corrected chi connectivity index (χ1v) is 10.1. The maximum atomic E-state index is 12.2. The lowest BCUT2D eigenvalue weighted by molar-refractivity contribution is -0.123. The van der Waals surface area contributed by atoms with E-state index in [1.54, 1.807) is 11.3 Å². The minimum atomic E-state index is -2.92. The highest BCUT2D eigenvalue weighted by molar-refractivity contribution is 7.91. The van der Waals surface area contributed by atoms with Gasteiger partial charge in [-0.3, -0.25) is 9.69 Å². The lowest BCUT2D eigenvalue weighted by atomic mass is 10.1. The van der Waals surface area contributed by atoms with Gasteiger partial charge in [-0.1, -0.05) is 0 Å². The highest BCUT2D eigenvalue weighted by Gasteiger charge is 2.31. The Balaban J connectivity index is 1.89. The van der Waals surface area contributed by atoms with Gasteiger partial charge in [0.1, 0.15) is 0 Å². The molecule has 1 aliphatic heterocycles. The lowest BCUT2D eigenvalue weighted by Crippen LogP contribution is -2.41. The summed E-state index contributed by atoms with van der Waals surface area (Å²) >= 11 is 1.73. The van der Waals surface area contributed by atoms with E-state index in [9.17, 15) is 13.2 Å². The molecule has 2 rings (SSSR count). The first kappa shape index (κ1) is 17.4. The molecule has 1 fully saturated rings. The van der Waals surface area contributed by atoms with Crippen LogP contribution in [0.15, 0.2) is 6.07 Å². The molecule has 1 saturated heterocycles. The van der Waals surface area contributed by atoms with Gasteiger partial charge < -0.3 is 5.32 Å². The van der Waals surface area contributed by atoms with Crippen LogP contribution in [0.4, 0.5) is 0 Å². The molecular weight excluding hydrogens is 320 g/mol. The van der Waals surface area contributed by atoms with Crippen LogP contribution in [0.3, 0.4) is 0 Å². The van der Waals surface area contributed by atoms with E-state index in [-0.39, 0.29) is 36.0 Å². The van der Waals surface area contributed by atoms with Gasteiger partial charge in [-0.25, -0.2) is 8.42 Å². The fourth-order valence-corrected chi connectivity index (χ4v) is 5.75. The minimum Gasteiger partial charge on any atom is -0.348 e. The Hall–Kier alpha value is -0.920. The second-order valence-electron chi connectivity index (χ2n) is 6.13. The average molecular weight is 345 g/mol. The van der Waals surface area contributed by atoms with Gasteiger partial charge in [-0.05, 0) is 45.9 Å². The monoisotopic (exact) mass is 344 g/mol. The molecule has 0 aromatic carbocycles. The van der Waals surface area contributed by atoms with Crippen LogP contribution in [0, 0.1) is 13.8 Å². The molecule has 1 aromatic rings. The Morgan fingerprint density at radius 2 is 2.18 bits per heavy atom. The van der Waals surface area contributed by atoms with Gasteiger partial charge in [0.2, 0.25) is 5.91 Å². The van der Waals surface area contributed by atoms with Crippen molar-refractivity contribution in [1.82, 2.24) is 10.2 Å². The summed E-state index contributed by atoms with van der Waals surface area (Å²) in [5.41, 5.74) is 1.15. The van der Waals surface area contributed by atoms with Crippen molar-refractivity contribution in [3.63, 3.8) is 0 Å². The van der Waals surface area contributed by atoms with Crippen LogP contribution in [0.2, 0.25) is 0 Å². The zero-order chi connectivity index (χ0) is 16.5. The molecule has 0 bridgehead atoms. The molecule has 1 aromatic heterocycles. The zero-order valence-electron chi connectivity index (χ0n) is 13.5. The number of nitrogens with one attached hydrogen (secondary N) is 1. The van der Waals surface area contributed by atoms with E-state index in [0.29, 0.717) is 6.42 Å². The molecule has 124 valence electrons. The zero-order valence-corrected chi connectivity index (χ0v) is 15.2. The number of thiophene rings is 1. The minimum absolute atomic E-state index is 0.0295. The van der Waals surface area contributed by atoms with Crippen LogP contribution in [0.5, 0.6) is 0 Å². The molecule has 1 aliphatic rings. The van der Waals surface area contributed by atoms with Crippen molar-refractivity contribution >= 4 is 27.1 Å². The maximum Gasteiger partial charge on any atom is 0.234 e. The third-order valence-corrected chi connectivity index (χ3v) is 6.88. The number of carbonyl (C=O) groups excluding carboxylic acids is 1. The standard InChI is InChI=1S/C15H24N2O3S2/c1-10-7-14(12(3)21-10)11(2)16-15(18)8-17(4)13-5-6-22(19,20)9-13/h7,11,13H,5-6,8-9H2,1-4H3,(H,16,18). The quantitative estimate of drug-likeness (QED) is 0.882. The molecular formula is C15H24N2O3S2. The fourth-order valence-electron chi connectivity index (χ4n) is 2.92. The topological polar surface area (TPSA) is 66.5 Å². The SMILES string of the molecule is Cc1cc(C(C)NC(=O)CN(C)C2CCS(=O)(=O)C2)c(C)s1. The van der Waals surface area contributed by atoms with Crippen LogP contribution >= 0.6 is 11.3 Å². The first-order valence-electron chi connectivity index (χ1n) is 7.45. The van der Waals surface area contributed by atoms with Crippen molar-refractivity contribution in [2.75, 3.05) is 25.1 Å². The number of carbonyl (C=O) groups is 1. The van der Waals surface area contributed by atoms with E-state index in [1.807, 2.05) is 18.9 Å². The summed E-state index contributed by atoms with van der Waals surface area (Å²) in [6.07, 6.45) is 0.616. The second-order valence-corrected chi connectivity index (χ2v) is 9.82.